The third-order valence-corrected chi connectivity index (χ3v) is 4.28. The molecular formula is C15H18FN7O. The molecule has 0 aliphatic carbocycles. The van der Waals surface area contributed by atoms with Gasteiger partial charge in [-0.3, -0.25) is 4.79 Å². The van der Waals surface area contributed by atoms with Crippen molar-refractivity contribution in [3.63, 3.8) is 0 Å². The van der Waals surface area contributed by atoms with Crippen LogP contribution < -0.4 is 16.6 Å². The summed E-state index contributed by atoms with van der Waals surface area (Å²) in [5, 5.41) is 10.6. The first-order chi connectivity index (χ1) is 11.5. The van der Waals surface area contributed by atoms with Crippen molar-refractivity contribution in [2.45, 2.75) is 25.1 Å². The number of H-pyrrole nitrogens is 1. The Kier molecular flexibility index (Phi) is 4.22. The van der Waals surface area contributed by atoms with Crippen LogP contribution >= 0.6 is 0 Å². The van der Waals surface area contributed by atoms with E-state index in [1.165, 1.54) is 16.1 Å². The van der Waals surface area contributed by atoms with E-state index in [2.05, 4.69) is 9.97 Å². The molecule has 0 radical (unpaired) electrons. The summed E-state index contributed by atoms with van der Waals surface area (Å²) in [7, 11) is 0. The lowest BCUT2D eigenvalue weighted by Crippen LogP contribution is -2.58. The number of pyridine rings is 1. The topological polar surface area (TPSA) is 128 Å². The number of hydrogen-bond acceptors (Lipinski definition) is 6. The minimum Gasteiger partial charge on any atom is -0.396 e. The third kappa shape index (κ3) is 2.72. The number of anilines is 2. The Morgan fingerprint density at radius 2 is 2.42 bits per heavy atom. The number of aromatic amines is 1. The van der Waals surface area contributed by atoms with Gasteiger partial charge in [0.2, 0.25) is 5.91 Å². The molecule has 1 amide bonds. The van der Waals surface area contributed by atoms with Crippen LogP contribution in [0.4, 0.5) is 15.8 Å². The Labute approximate surface area is 137 Å². The summed E-state index contributed by atoms with van der Waals surface area (Å²) in [6.07, 6.45) is 1.89. The summed E-state index contributed by atoms with van der Waals surface area (Å²) in [4.78, 5) is 20.5. The van der Waals surface area contributed by atoms with E-state index in [0.29, 0.717) is 22.4 Å². The summed E-state index contributed by atoms with van der Waals surface area (Å²) in [6, 6.07) is 2.84. The Morgan fingerprint density at radius 3 is 3.17 bits per heavy atom. The second-order valence-electron chi connectivity index (χ2n) is 5.76. The number of piperidine rings is 1. The Balaban J connectivity index is 1.91. The van der Waals surface area contributed by atoms with Crippen LogP contribution in [-0.4, -0.2) is 46.1 Å². The number of nitrogens with one attached hydrogen (secondary N) is 1. The number of nitrogen functional groups attached to an aromatic ring is 1. The molecule has 2 aromatic rings. The van der Waals surface area contributed by atoms with Crippen molar-refractivity contribution in [3.8, 4) is 6.07 Å². The molecule has 1 aliphatic heterocycles. The number of carbonyl (C=O) groups excluding carboxylic acids is 1. The maximum absolute atomic E-state index is 14.5. The molecule has 3 rings (SSSR count). The number of halogens is 1. The first-order valence-electron chi connectivity index (χ1n) is 7.57. The van der Waals surface area contributed by atoms with Gasteiger partial charge in [-0.15, -0.1) is 0 Å². The van der Waals surface area contributed by atoms with Crippen LogP contribution in [0.2, 0.25) is 0 Å². The van der Waals surface area contributed by atoms with Crippen molar-refractivity contribution in [1.82, 2.24) is 14.9 Å². The van der Waals surface area contributed by atoms with Crippen molar-refractivity contribution >= 4 is 28.3 Å². The first kappa shape index (κ1) is 16.0. The quantitative estimate of drug-likeness (QED) is 0.560. The van der Waals surface area contributed by atoms with E-state index in [9.17, 15) is 9.18 Å². The largest absolute Gasteiger partial charge is 0.396 e. The van der Waals surface area contributed by atoms with Gasteiger partial charge in [-0.1, -0.05) is 0 Å². The van der Waals surface area contributed by atoms with Gasteiger partial charge in [0, 0.05) is 24.7 Å². The normalized spacial score (nSPS) is 20.8. The highest BCUT2D eigenvalue weighted by Gasteiger charge is 2.35. The Hall–Kier alpha value is -2.86. The molecule has 8 nitrogen and oxygen atoms in total. The molecule has 9 heteroatoms. The van der Waals surface area contributed by atoms with E-state index >= 15 is 0 Å². The van der Waals surface area contributed by atoms with Crippen LogP contribution in [0.3, 0.4) is 0 Å². The molecule has 1 fully saturated rings. The van der Waals surface area contributed by atoms with E-state index in [1.807, 2.05) is 6.07 Å². The summed E-state index contributed by atoms with van der Waals surface area (Å²) in [6.45, 7) is 0.378. The fourth-order valence-electron chi connectivity index (χ4n) is 3.03. The van der Waals surface area contributed by atoms with Crippen molar-refractivity contribution in [1.29, 1.82) is 5.26 Å². The summed E-state index contributed by atoms with van der Waals surface area (Å²) >= 11 is 0. The molecule has 2 aromatic heterocycles. The van der Waals surface area contributed by atoms with E-state index in [4.69, 9.17) is 16.8 Å². The van der Waals surface area contributed by atoms with Gasteiger partial charge in [0.15, 0.2) is 0 Å². The molecule has 0 bridgehead atoms. The molecule has 0 aromatic carbocycles. The standard InChI is InChI=1S/C15H18FN7O/c16-10-3-6-22(13(24)1-4-17)8-12(10)23(19)14-9-2-5-20-15(9)21-7-11(14)18/h2,5,7,10,12H,1,3,6,8,18-19H2,(H,20,21). The van der Waals surface area contributed by atoms with E-state index in [0.717, 1.165) is 0 Å². The van der Waals surface area contributed by atoms with E-state index < -0.39 is 12.2 Å². The molecule has 2 unspecified atom stereocenters. The molecule has 0 spiro atoms. The number of fused-ring (bicyclic) bond motifs is 1. The predicted octanol–water partition coefficient (Wildman–Crippen LogP) is 0.678. The van der Waals surface area contributed by atoms with Crippen LogP contribution in [0.15, 0.2) is 18.5 Å². The molecule has 2 atom stereocenters. The molecule has 3 heterocycles. The zero-order valence-electron chi connectivity index (χ0n) is 12.9. The van der Waals surface area contributed by atoms with Crippen LogP contribution in [-0.2, 0) is 4.79 Å². The first-order valence-corrected chi connectivity index (χ1v) is 7.57. The van der Waals surface area contributed by atoms with Gasteiger partial charge in [0.25, 0.3) is 0 Å². The van der Waals surface area contributed by atoms with Gasteiger partial charge in [0.1, 0.15) is 18.2 Å². The number of likely N-dealkylation sites (tertiary alicyclic amines) is 1. The van der Waals surface area contributed by atoms with Gasteiger partial charge in [-0.05, 0) is 12.5 Å². The summed E-state index contributed by atoms with van der Waals surface area (Å²) in [5.74, 6) is 5.87. The van der Waals surface area contributed by atoms with Gasteiger partial charge in [0.05, 0.1) is 29.7 Å². The molecule has 1 saturated heterocycles. The number of nitrogens with zero attached hydrogens (tertiary/aromatic N) is 4. The third-order valence-electron chi connectivity index (χ3n) is 4.28. The van der Waals surface area contributed by atoms with Crippen LogP contribution in [0.1, 0.15) is 12.8 Å². The fourth-order valence-corrected chi connectivity index (χ4v) is 3.03. The lowest BCUT2D eigenvalue weighted by atomic mass is 10.0. The van der Waals surface area contributed by atoms with Crippen LogP contribution in [0.5, 0.6) is 0 Å². The smallest absolute Gasteiger partial charge is 0.236 e. The fraction of sp³-hybridized carbons (Fsp3) is 0.400. The average molecular weight is 331 g/mol. The highest BCUT2D eigenvalue weighted by Crippen LogP contribution is 2.32. The zero-order chi connectivity index (χ0) is 17.3. The second kappa shape index (κ2) is 6.33. The van der Waals surface area contributed by atoms with E-state index in [1.54, 1.807) is 12.3 Å². The van der Waals surface area contributed by atoms with Gasteiger partial charge < -0.3 is 20.6 Å². The number of amides is 1. The number of nitrogens with two attached hydrogens (primary N) is 2. The van der Waals surface area contributed by atoms with E-state index in [-0.39, 0.29) is 31.8 Å². The number of rotatable bonds is 3. The zero-order valence-corrected chi connectivity index (χ0v) is 12.9. The number of nitriles is 1. The number of carbonyl (C=O) groups is 1. The highest BCUT2D eigenvalue weighted by molar-refractivity contribution is 5.96. The maximum Gasteiger partial charge on any atom is 0.236 e. The van der Waals surface area contributed by atoms with Gasteiger partial charge in [-0.2, -0.15) is 5.26 Å². The minimum atomic E-state index is -1.21. The molecule has 0 saturated carbocycles. The Bertz CT molecular complexity index is 799. The molecular weight excluding hydrogens is 313 g/mol. The van der Waals surface area contributed by atoms with Crippen molar-refractivity contribution < 1.29 is 9.18 Å². The van der Waals surface area contributed by atoms with Crippen LogP contribution in [0, 0.1) is 11.3 Å². The average Bonchev–Trinajstić information content (AvgIpc) is 3.03. The molecule has 24 heavy (non-hydrogen) atoms. The molecule has 5 N–H and O–H groups in total. The maximum atomic E-state index is 14.5. The SMILES string of the molecule is N#CCC(=O)N1CCC(F)C(N(N)c2c(N)cnc3[nH]ccc23)C1. The van der Waals surface area contributed by atoms with Gasteiger partial charge >= 0.3 is 0 Å². The second-order valence-corrected chi connectivity index (χ2v) is 5.76. The monoisotopic (exact) mass is 331 g/mol. The molecule has 1 aliphatic rings. The number of aromatic nitrogens is 2. The number of alkyl halides is 1. The predicted molar refractivity (Wildman–Crippen MR) is 87.3 cm³/mol. The number of hydrazine groups is 1. The Morgan fingerprint density at radius 1 is 1.62 bits per heavy atom. The minimum absolute atomic E-state index is 0.103. The summed E-state index contributed by atoms with van der Waals surface area (Å²) in [5.41, 5.74) is 7.40. The number of hydrogen-bond donors (Lipinski definition) is 3. The van der Waals surface area contributed by atoms with Crippen LogP contribution in [0.25, 0.3) is 11.0 Å². The lowest BCUT2D eigenvalue weighted by Gasteiger charge is -2.40. The van der Waals surface area contributed by atoms with Crippen molar-refractivity contribution in [2.24, 2.45) is 5.84 Å². The summed E-state index contributed by atoms with van der Waals surface area (Å²) < 4.78 is 14.5. The lowest BCUT2D eigenvalue weighted by molar-refractivity contribution is -0.132. The van der Waals surface area contributed by atoms with Crippen molar-refractivity contribution in [3.05, 3.63) is 18.5 Å². The van der Waals surface area contributed by atoms with Gasteiger partial charge in [-0.25, -0.2) is 15.2 Å². The molecule has 126 valence electrons. The van der Waals surface area contributed by atoms with Crippen molar-refractivity contribution in [2.75, 3.05) is 23.8 Å². The highest BCUT2D eigenvalue weighted by atomic mass is 19.1.